The fraction of sp³-hybridized carbons (Fsp3) is 0. The second kappa shape index (κ2) is 8.80. The molecular formula is C26H19ClN2O2Sn. The van der Waals surface area contributed by atoms with Crippen molar-refractivity contribution in [2.24, 2.45) is 0 Å². The van der Waals surface area contributed by atoms with E-state index in [9.17, 15) is 4.79 Å². The van der Waals surface area contributed by atoms with E-state index in [0.717, 1.165) is 10.7 Å². The average molecular weight is 546 g/mol. The van der Waals surface area contributed by atoms with Gasteiger partial charge in [0.25, 0.3) is 0 Å². The number of aromatic nitrogens is 2. The van der Waals surface area contributed by atoms with E-state index in [1.54, 1.807) is 8.97 Å². The summed E-state index contributed by atoms with van der Waals surface area (Å²) in [6, 6.07) is 37.8. The molecule has 156 valence electrons. The molecule has 0 atom stereocenters. The zero-order chi connectivity index (χ0) is 22.0. The molecule has 0 aliphatic heterocycles. The molecule has 0 spiro atoms. The van der Waals surface area contributed by atoms with Crippen molar-refractivity contribution in [1.82, 2.24) is 8.00 Å². The van der Waals surface area contributed by atoms with Crippen molar-refractivity contribution in [3.8, 4) is 11.5 Å². The van der Waals surface area contributed by atoms with Crippen LogP contribution in [0.25, 0.3) is 11.5 Å². The van der Waals surface area contributed by atoms with Gasteiger partial charge in [-0.3, -0.25) is 0 Å². The van der Waals surface area contributed by atoms with Gasteiger partial charge in [-0.15, -0.1) is 0 Å². The quantitative estimate of drug-likeness (QED) is 0.317. The second-order valence-corrected chi connectivity index (χ2v) is 18.0. The molecule has 0 saturated carbocycles. The summed E-state index contributed by atoms with van der Waals surface area (Å²) in [6.45, 7) is 0. The summed E-state index contributed by atoms with van der Waals surface area (Å²) in [5.41, 5.74) is 0.597. The molecule has 4 nitrogen and oxygen atoms in total. The summed E-state index contributed by atoms with van der Waals surface area (Å²) < 4.78 is 10.6. The van der Waals surface area contributed by atoms with Crippen molar-refractivity contribution in [2.45, 2.75) is 0 Å². The van der Waals surface area contributed by atoms with Crippen LogP contribution in [0, 0.1) is 0 Å². The Morgan fingerprint density at radius 3 is 1.56 bits per heavy atom. The van der Waals surface area contributed by atoms with Gasteiger partial charge in [0.1, 0.15) is 0 Å². The summed E-state index contributed by atoms with van der Waals surface area (Å²) in [4.78, 5) is 13.4. The molecule has 0 radical (unpaired) electrons. The maximum atomic E-state index is 13.4. The van der Waals surface area contributed by atoms with Crippen LogP contribution >= 0.6 is 11.6 Å². The normalized spacial score (nSPS) is 11.4. The average Bonchev–Trinajstić information content (AvgIpc) is 3.23. The van der Waals surface area contributed by atoms with Gasteiger partial charge in [-0.25, -0.2) is 0 Å². The van der Waals surface area contributed by atoms with E-state index in [-0.39, 0.29) is 5.89 Å². The van der Waals surface area contributed by atoms with Crippen molar-refractivity contribution in [2.75, 3.05) is 0 Å². The molecule has 6 heteroatoms. The maximum absolute atomic E-state index is 13.4. The SMILES string of the molecule is O=c1oc(-c2ccccc2Cl)n[n]1[Sn]([c]1ccccc1)([c]1ccccc1)[c]1ccccc1. The van der Waals surface area contributed by atoms with Crippen LogP contribution in [0.3, 0.4) is 0 Å². The molecule has 0 bridgehead atoms. The van der Waals surface area contributed by atoms with Gasteiger partial charge in [0.05, 0.1) is 0 Å². The van der Waals surface area contributed by atoms with Gasteiger partial charge in [0.15, 0.2) is 0 Å². The number of hydrogen-bond donors (Lipinski definition) is 0. The van der Waals surface area contributed by atoms with Crippen molar-refractivity contribution in [3.63, 3.8) is 0 Å². The van der Waals surface area contributed by atoms with E-state index in [2.05, 4.69) is 36.4 Å². The monoisotopic (exact) mass is 546 g/mol. The molecule has 5 aromatic rings. The molecule has 0 fully saturated rings. The fourth-order valence-corrected chi connectivity index (χ4v) is 16.7. The minimum atomic E-state index is -4.18. The van der Waals surface area contributed by atoms with Crippen molar-refractivity contribution in [3.05, 3.63) is 131 Å². The van der Waals surface area contributed by atoms with Crippen LogP contribution in [-0.4, -0.2) is 26.7 Å². The molecule has 0 N–H and O–H groups in total. The summed E-state index contributed by atoms with van der Waals surface area (Å²) >= 11 is 2.21. The molecule has 0 aliphatic rings. The number of benzene rings is 4. The predicted octanol–water partition coefficient (Wildman–Crippen LogP) is 3.67. The Labute approximate surface area is 195 Å². The van der Waals surface area contributed by atoms with Gasteiger partial charge < -0.3 is 0 Å². The van der Waals surface area contributed by atoms with E-state index in [4.69, 9.17) is 21.1 Å². The molecule has 32 heavy (non-hydrogen) atoms. The van der Waals surface area contributed by atoms with Gasteiger partial charge in [-0.1, -0.05) is 0 Å². The number of nitrogens with zero attached hydrogens (tertiary/aromatic N) is 2. The van der Waals surface area contributed by atoms with E-state index in [0.29, 0.717) is 10.6 Å². The van der Waals surface area contributed by atoms with Crippen LogP contribution in [0.2, 0.25) is 5.02 Å². The van der Waals surface area contributed by atoms with Gasteiger partial charge in [-0.05, 0) is 0 Å². The van der Waals surface area contributed by atoms with Gasteiger partial charge in [0, 0.05) is 0 Å². The van der Waals surface area contributed by atoms with Crippen LogP contribution in [-0.2, 0) is 0 Å². The van der Waals surface area contributed by atoms with Crippen molar-refractivity contribution in [1.29, 1.82) is 0 Å². The van der Waals surface area contributed by atoms with Crippen LogP contribution in [0.1, 0.15) is 0 Å². The fourth-order valence-electron chi connectivity index (χ4n) is 4.14. The number of rotatable bonds is 5. The van der Waals surface area contributed by atoms with Gasteiger partial charge in [0.2, 0.25) is 0 Å². The van der Waals surface area contributed by atoms with Crippen LogP contribution < -0.4 is 16.5 Å². The zero-order valence-corrected chi connectivity index (χ0v) is 20.7. The number of hydrogen-bond acceptors (Lipinski definition) is 3. The molecule has 0 amide bonds. The molecule has 1 aromatic heterocycles. The molecule has 0 unspecified atom stereocenters. The Hall–Kier alpha value is -3.09. The third-order valence-electron chi connectivity index (χ3n) is 5.54. The van der Waals surface area contributed by atoms with Crippen LogP contribution in [0.5, 0.6) is 0 Å². The summed E-state index contributed by atoms with van der Waals surface area (Å²) in [6.07, 6.45) is 0. The molecule has 5 rings (SSSR count). The summed E-state index contributed by atoms with van der Waals surface area (Å²) in [5.74, 6) is -0.253. The summed E-state index contributed by atoms with van der Waals surface area (Å²) in [5, 5.41) is 5.28. The van der Waals surface area contributed by atoms with Crippen molar-refractivity contribution < 1.29 is 4.42 Å². The first kappa shape index (κ1) is 20.8. The van der Waals surface area contributed by atoms with Crippen LogP contribution in [0.15, 0.2) is 124 Å². The standard InChI is InChI=1S/C8H5ClN2O2.3C6H5.Sn/c9-6-4-2-1-3-5(6)7-10-11-8(12)13-7;3*1-2-4-6-5-3-1;/h1-4H,(H,11,12);3*1-5H;/q;;;;+1/p-1. The Morgan fingerprint density at radius 2 is 1.09 bits per heavy atom. The molecular weight excluding hydrogens is 526 g/mol. The third-order valence-corrected chi connectivity index (χ3v) is 18.5. The Balaban J connectivity index is 1.88. The first-order valence-corrected chi connectivity index (χ1v) is 16.2. The Kier molecular flexibility index (Phi) is 5.72. The van der Waals surface area contributed by atoms with E-state index >= 15 is 0 Å². The van der Waals surface area contributed by atoms with Gasteiger partial charge in [-0.2, -0.15) is 0 Å². The zero-order valence-electron chi connectivity index (χ0n) is 17.1. The van der Waals surface area contributed by atoms with E-state index in [1.807, 2.05) is 72.8 Å². The topological polar surface area (TPSA) is 48.0 Å². The van der Waals surface area contributed by atoms with Gasteiger partial charge >= 0.3 is 196 Å². The summed E-state index contributed by atoms with van der Waals surface area (Å²) in [7, 11) is 0. The second-order valence-electron chi connectivity index (χ2n) is 7.37. The van der Waals surface area contributed by atoms with E-state index in [1.165, 1.54) is 0 Å². The number of halogens is 1. The Bertz CT molecular complexity index is 1300. The predicted molar refractivity (Wildman–Crippen MR) is 131 cm³/mol. The first-order valence-electron chi connectivity index (χ1n) is 10.2. The molecule has 0 aliphatic carbocycles. The van der Waals surface area contributed by atoms with Crippen molar-refractivity contribution >= 4 is 41.0 Å². The molecule has 1 heterocycles. The van der Waals surface area contributed by atoms with Crippen LogP contribution in [0.4, 0.5) is 0 Å². The minimum absolute atomic E-state index is 0.226. The first-order chi connectivity index (χ1) is 15.7. The third kappa shape index (κ3) is 3.49. The molecule has 4 aromatic carbocycles. The van der Waals surface area contributed by atoms with E-state index < -0.39 is 24.4 Å². The Morgan fingerprint density at radius 1 is 0.656 bits per heavy atom. The molecule has 0 saturated heterocycles.